The maximum Gasteiger partial charge on any atom is 0.0595 e. The van der Waals surface area contributed by atoms with E-state index in [2.05, 4.69) is 17.9 Å². The molecule has 3 nitrogen and oxygen atoms in total. The molecule has 4 heteroatoms. The van der Waals surface area contributed by atoms with E-state index < -0.39 is 0 Å². The Morgan fingerprint density at radius 2 is 2.00 bits per heavy atom. The van der Waals surface area contributed by atoms with E-state index in [1.807, 2.05) is 18.2 Å². The van der Waals surface area contributed by atoms with Crippen LogP contribution in [0.4, 0.5) is 0 Å². The molecule has 0 spiro atoms. The molecule has 2 atom stereocenters. The summed E-state index contributed by atoms with van der Waals surface area (Å²) in [5.74, 6) is 0. The van der Waals surface area contributed by atoms with Crippen LogP contribution in [-0.4, -0.2) is 37.2 Å². The number of methoxy groups -OCH3 is 1. The summed E-state index contributed by atoms with van der Waals surface area (Å²) < 4.78 is 5.45. The van der Waals surface area contributed by atoms with Crippen molar-refractivity contribution >= 4 is 11.6 Å². The first kappa shape index (κ1) is 15.8. The number of nitrogens with zero attached hydrogens (tertiary/aromatic N) is 1. The Hall–Kier alpha value is -0.610. The first-order valence-corrected chi connectivity index (χ1v) is 7.82. The number of likely N-dealkylation sites (tertiary alicyclic amines) is 1. The van der Waals surface area contributed by atoms with E-state index in [1.54, 1.807) is 7.11 Å². The maximum absolute atomic E-state index is 6.39. The molecule has 0 aromatic heterocycles. The highest BCUT2D eigenvalue weighted by atomic mass is 35.5. The summed E-state index contributed by atoms with van der Waals surface area (Å²) in [4.78, 5) is 2.46. The minimum absolute atomic E-state index is 0.106. The van der Waals surface area contributed by atoms with Crippen molar-refractivity contribution in [1.29, 1.82) is 0 Å². The fourth-order valence-electron chi connectivity index (χ4n) is 3.03. The summed E-state index contributed by atoms with van der Waals surface area (Å²) in [7, 11) is 1.80. The monoisotopic (exact) mass is 296 g/mol. The van der Waals surface area contributed by atoms with Crippen LogP contribution in [0.5, 0.6) is 0 Å². The van der Waals surface area contributed by atoms with Gasteiger partial charge in [-0.3, -0.25) is 4.90 Å². The van der Waals surface area contributed by atoms with Crippen molar-refractivity contribution in [1.82, 2.24) is 4.90 Å². The predicted molar refractivity (Wildman–Crippen MR) is 84.1 cm³/mol. The fourth-order valence-corrected chi connectivity index (χ4v) is 3.27. The van der Waals surface area contributed by atoms with Crippen molar-refractivity contribution < 1.29 is 4.74 Å². The molecular weight excluding hydrogens is 272 g/mol. The van der Waals surface area contributed by atoms with Crippen LogP contribution in [-0.2, 0) is 4.74 Å². The van der Waals surface area contributed by atoms with E-state index >= 15 is 0 Å². The summed E-state index contributed by atoms with van der Waals surface area (Å²) in [5.41, 5.74) is 7.54. The third kappa shape index (κ3) is 3.53. The van der Waals surface area contributed by atoms with Crippen LogP contribution < -0.4 is 5.73 Å². The molecular formula is C16H25ClN2O. The Balaban J connectivity index is 2.19. The molecule has 1 aliphatic rings. The third-order valence-electron chi connectivity index (χ3n) is 4.30. The molecule has 0 saturated carbocycles. The van der Waals surface area contributed by atoms with Crippen molar-refractivity contribution in [3.63, 3.8) is 0 Å². The van der Waals surface area contributed by atoms with Crippen LogP contribution in [0.3, 0.4) is 0 Å². The molecule has 0 radical (unpaired) electrons. The molecule has 112 valence electrons. The minimum atomic E-state index is 0.106. The molecule has 1 aromatic rings. The lowest BCUT2D eigenvalue weighted by Crippen LogP contribution is -2.46. The van der Waals surface area contributed by atoms with Gasteiger partial charge in [-0.15, -0.1) is 0 Å². The predicted octanol–water partition coefficient (Wildman–Crippen LogP) is 3.23. The first-order chi connectivity index (χ1) is 9.67. The number of piperidine rings is 1. The Kier molecular flexibility index (Phi) is 5.85. The zero-order valence-electron chi connectivity index (χ0n) is 12.4. The van der Waals surface area contributed by atoms with Crippen molar-refractivity contribution in [2.24, 2.45) is 5.73 Å². The normalized spacial score (nSPS) is 20.8. The van der Waals surface area contributed by atoms with Gasteiger partial charge in [-0.1, -0.05) is 36.7 Å². The molecule has 0 amide bonds. The van der Waals surface area contributed by atoms with Gasteiger partial charge in [-0.05, 0) is 30.9 Å². The Bertz CT molecular complexity index is 419. The molecule has 0 bridgehead atoms. The van der Waals surface area contributed by atoms with Gasteiger partial charge in [0.1, 0.15) is 0 Å². The van der Waals surface area contributed by atoms with Gasteiger partial charge < -0.3 is 10.5 Å². The molecule has 1 aliphatic heterocycles. The average Bonchev–Trinajstić information content (AvgIpc) is 2.50. The van der Waals surface area contributed by atoms with Gasteiger partial charge >= 0.3 is 0 Å². The van der Waals surface area contributed by atoms with Crippen molar-refractivity contribution in [2.75, 3.05) is 20.2 Å². The minimum Gasteiger partial charge on any atom is -0.381 e. The van der Waals surface area contributed by atoms with E-state index in [-0.39, 0.29) is 12.1 Å². The molecule has 2 rings (SSSR count). The van der Waals surface area contributed by atoms with E-state index in [4.69, 9.17) is 22.1 Å². The number of halogens is 1. The van der Waals surface area contributed by atoms with Gasteiger partial charge in [-0.25, -0.2) is 0 Å². The van der Waals surface area contributed by atoms with E-state index in [9.17, 15) is 0 Å². The number of hydrogen-bond acceptors (Lipinski definition) is 3. The topological polar surface area (TPSA) is 38.5 Å². The zero-order chi connectivity index (χ0) is 14.5. The van der Waals surface area contributed by atoms with Crippen LogP contribution in [0.2, 0.25) is 5.02 Å². The summed E-state index contributed by atoms with van der Waals surface area (Å²) in [6.07, 6.45) is 3.46. The van der Waals surface area contributed by atoms with Crippen LogP contribution in [0, 0.1) is 0 Å². The third-order valence-corrected chi connectivity index (χ3v) is 4.65. The fraction of sp³-hybridized carbons (Fsp3) is 0.625. The maximum atomic E-state index is 6.39. The van der Waals surface area contributed by atoms with Crippen LogP contribution >= 0.6 is 11.6 Å². The zero-order valence-corrected chi connectivity index (χ0v) is 13.1. The van der Waals surface area contributed by atoms with Gasteiger partial charge in [0.05, 0.1) is 12.1 Å². The summed E-state index contributed by atoms with van der Waals surface area (Å²) in [6.45, 7) is 4.17. The second kappa shape index (κ2) is 7.41. The second-order valence-corrected chi connectivity index (χ2v) is 5.92. The van der Waals surface area contributed by atoms with Crippen LogP contribution in [0.25, 0.3) is 0 Å². The quantitative estimate of drug-likeness (QED) is 0.906. The highest BCUT2D eigenvalue weighted by Crippen LogP contribution is 2.32. The van der Waals surface area contributed by atoms with Crippen molar-refractivity contribution in [3.8, 4) is 0 Å². The van der Waals surface area contributed by atoms with Crippen LogP contribution in [0.1, 0.15) is 37.8 Å². The largest absolute Gasteiger partial charge is 0.381 e. The Morgan fingerprint density at radius 1 is 1.35 bits per heavy atom. The van der Waals surface area contributed by atoms with Gasteiger partial charge in [-0.2, -0.15) is 0 Å². The lowest BCUT2D eigenvalue weighted by Gasteiger charge is -2.40. The SMILES string of the molecule is CCC(N)C(c1ccccc1Cl)N1CCC(OC)CC1. The molecule has 20 heavy (non-hydrogen) atoms. The van der Waals surface area contributed by atoms with Gasteiger partial charge in [0.2, 0.25) is 0 Å². The highest BCUT2D eigenvalue weighted by Gasteiger charge is 2.30. The molecule has 2 N–H and O–H groups in total. The highest BCUT2D eigenvalue weighted by molar-refractivity contribution is 6.31. The van der Waals surface area contributed by atoms with E-state index in [0.29, 0.717) is 6.10 Å². The van der Waals surface area contributed by atoms with Crippen molar-refractivity contribution in [2.45, 2.75) is 44.4 Å². The number of hydrogen-bond donors (Lipinski definition) is 1. The van der Waals surface area contributed by atoms with Gasteiger partial charge in [0.25, 0.3) is 0 Å². The van der Waals surface area contributed by atoms with Crippen LogP contribution in [0.15, 0.2) is 24.3 Å². The van der Waals surface area contributed by atoms with E-state index in [1.165, 1.54) is 0 Å². The molecule has 1 fully saturated rings. The average molecular weight is 297 g/mol. The van der Waals surface area contributed by atoms with E-state index in [0.717, 1.165) is 42.9 Å². The molecule has 2 unspecified atom stereocenters. The number of nitrogens with two attached hydrogens (primary N) is 1. The smallest absolute Gasteiger partial charge is 0.0595 e. The Morgan fingerprint density at radius 3 is 2.55 bits per heavy atom. The Labute approximate surface area is 127 Å². The van der Waals surface area contributed by atoms with Crippen molar-refractivity contribution in [3.05, 3.63) is 34.9 Å². The number of benzene rings is 1. The second-order valence-electron chi connectivity index (χ2n) is 5.51. The van der Waals surface area contributed by atoms with Gasteiger partial charge in [0.15, 0.2) is 0 Å². The number of rotatable bonds is 5. The summed E-state index contributed by atoms with van der Waals surface area (Å²) >= 11 is 6.39. The lowest BCUT2D eigenvalue weighted by atomic mass is 9.93. The standard InChI is InChI=1S/C16H25ClN2O/c1-3-15(18)16(13-6-4-5-7-14(13)17)19-10-8-12(20-2)9-11-19/h4-7,12,15-16H,3,8-11,18H2,1-2H3. The summed E-state index contributed by atoms with van der Waals surface area (Å²) in [5, 5.41) is 0.815. The molecule has 1 heterocycles. The first-order valence-electron chi connectivity index (χ1n) is 7.44. The molecule has 0 aliphatic carbocycles. The lowest BCUT2D eigenvalue weighted by molar-refractivity contribution is 0.0223. The molecule has 1 aromatic carbocycles. The summed E-state index contributed by atoms with van der Waals surface area (Å²) in [6, 6.07) is 8.37. The van der Waals surface area contributed by atoms with Gasteiger partial charge in [0, 0.05) is 31.3 Å². The molecule has 1 saturated heterocycles. The number of ether oxygens (including phenoxy) is 1.